The van der Waals surface area contributed by atoms with Crippen molar-refractivity contribution in [2.75, 3.05) is 5.73 Å². The van der Waals surface area contributed by atoms with Crippen LogP contribution in [0.15, 0.2) is 42.5 Å². The molecule has 0 radical (unpaired) electrons. The molecule has 2 N–H and O–H groups in total. The van der Waals surface area contributed by atoms with E-state index in [4.69, 9.17) is 17.3 Å². The zero-order valence-electron chi connectivity index (χ0n) is 9.20. The van der Waals surface area contributed by atoms with E-state index in [0.29, 0.717) is 10.7 Å². The fraction of sp³-hybridized carbons (Fsp3) is 0.143. The highest BCUT2D eigenvalue weighted by Crippen LogP contribution is 2.25. The van der Waals surface area contributed by atoms with Gasteiger partial charge in [0.2, 0.25) is 0 Å². The highest BCUT2D eigenvalue weighted by molar-refractivity contribution is 6.33. The third-order valence-electron chi connectivity index (χ3n) is 2.79. The van der Waals surface area contributed by atoms with Crippen molar-refractivity contribution in [3.63, 3.8) is 0 Å². The Morgan fingerprint density at radius 2 is 1.69 bits per heavy atom. The maximum absolute atomic E-state index is 5.99. The highest BCUT2D eigenvalue weighted by atomic mass is 35.5. The van der Waals surface area contributed by atoms with Gasteiger partial charge in [0.1, 0.15) is 0 Å². The first-order valence-electron chi connectivity index (χ1n) is 5.26. The SMILES string of the molecule is Cc1ccccc1Cc1cccc(Cl)c1N. The summed E-state index contributed by atoms with van der Waals surface area (Å²) in [6.45, 7) is 2.11. The molecule has 2 aromatic rings. The lowest BCUT2D eigenvalue weighted by atomic mass is 10.00. The van der Waals surface area contributed by atoms with E-state index < -0.39 is 0 Å². The number of aryl methyl sites for hydroxylation is 1. The van der Waals surface area contributed by atoms with E-state index >= 15 is 0 Å². The molecule has 0 fully saturated rings. The van der Waals surface area contributed by atoms with E-state index in [-0.39, 0.29) is 0 Å². The van der Waals surface area contributed by atoms with E-state index in [1.165, 1.54) is 11.1 Å². The third-order valence-corrected chi connectivity index (χ3v) is 3.11. The van der Waals surface area contributed by atoms with Crippen LogP contribution in [-0.2, 0) is 6.42 Å². The lowest BCUT2D eigenvalue weighted by Gasteiger charge is -2.09. The van der Waals surface area contributed by atoms with E-state index in [2.05, 4.69) is 19.1 Å². The van der Waals surface area contributed by atoms with Gasteiger partial charge >= 0.3 is 0 Å². The lowest BCUT2D eigenvalue weighted by Crippen LogP contribution is -1.97. The molecule has 0 atom stereocenters. The molecule has 0 saturated carbocycles. The predicted molar refractivity (Wildman–Crippen MR) is 69.8 cm³/mol. The van der Waals surface area contributed by atoms with Gasteiger partial charge in [-0.05, 0) is 36.1 Å². The maximum atomic E-state index is 5.99. The van der Waals surface area contributed by atoms with Crippen LogP contribution in [0, 0.1) is 6.92 Å². The third kappa shape index (κ3) is 2.20. The molecule has 0 aliphatic carbocycles. The van der Waals surface area contributed by atoms with Crippen LogP contribution in [0.5, 0.6) is 0 Å². The van der Waals surface area contributed by atoms with Gasteiger partial charge in [0.05, 0.1) is 10.7 Å². The molecule has 0 aliphatic rings. The van der Waals surface area contributed by atoms with Crippen LogP contribution < -0.4 is 5.73 Å². The summed E-state index contributed by atoms with van der Waals surface area (Å²) < 4.78 is 0. The van der Waals surface area contributed by atoms with Gasteiger partial charge in [-0.2, -0.15) is 0 Å². The number of halogens is 1. The summed E-state index contributed by atoms with van der Waals surface area (Å²) in [6, 6.07) is 14.1. The molecular formula is C14H14ClN. The van der Waals surface area contributed by atoms with Crippen LogP contribution in [0.1, 0.15) is 16.7 Å². The minimum absolute atomic E-state index is 0.631. The van der Waals surface area contributed by atoms with Crippen LogP contribution in [0.25, 0.3) is 0 Å². The summed E-state index contributed by atoms with van der Waals surface area (Å²) in [5.41, 5.74) is 10.3. The predicted octanol–water partition coefficient (Wildman–Crippen LogP) is 3.82. The van der Waals surface area contributed by atoms with Gasteiger partial charge in [-0.3, -0.25) is 0 Å². The number of para-hydroxylation sites is 1. The lowest BCUT2D eigenvalue weighted by molar-refractivity contribution is 1.16. The highest BCUT2D eigenvalue weighted by Gasteiger charge is 2.05. The first-order valence-corrected chi connectivity index (χ1v) is 5.63. The smallest absolute Gasteiger partial charge is 0.0638 e. The molecule has 0 aliphatic heterocycles. The van der Waals surface area contributed by atoms with Crippen LogP contribution >= 0.6 is 11.6 Å². The normalized spacial score (nSPS) is 10.4. The molecule has 0 amide bonds. The molecule has 2 rings (SSSR count). The van der Waals surface area contributed by atoms with Crippen molar-refractivity contribution in [2.24, 2.45) is 0 Å². The Kier molecular flexibility index (Phi) is 3.16. The Bertz CT molecular complexity index is 506. The quantitative estimate of drug-likeness (QED) is 0.782. The van der Waals surface area contributed by atoms with E-state index in [1.807, 2.05) is 30.3 Å². The van der Waals surface area contributed by atoms with Crippen molar-refractivity contribution in [3.8, 4) is 0 Å². The summed E-state index contributed by atoms with van der Waals surface area (Å²) in [5, 5.41) is 0.631. The fourth-order valence-electron chi connectivity index (χ4n) is 1.75. The van der Waals surface area contributed by atoms with E-state index in [9.17, 15) is 0 Å². The molecule has 16 heavy (non-hydrogen) atoms. The molecule has 0 aromatic heterocycles. The molecule has 0 saturated heterocycles. The molecule has 2 heteroatoms. The molecule has 0 bridgehead atoms. The van der Waals surface area contributed by atoms with Gasteiger partial charge in [0.15, 0.2) is 0 Å². The van der Waals surface area contributed by atoms with Gasteiger partial charge < -0.3 is 5.73 Å². The first-order chi connectivity index (χ1) is 7.68. The average molecular weight is 232 g/mol. The molecule has 82 valence electrons. The Morgan fingerprint density at radius 3 is 2.44 bits per heavy atom. The Labute approximate surface area is 101 Å². The second kappa shape index (κ2) is 4.58. The average Bonchev–Trinajstić information content (AvgIpc) is 2.28. The van der Waals surface area contributed by atoms with E-state index in [0.717, 1.165) is 12.0 Å². The molecule has 1 nitrogen and oxygen atoms in total. The number of rotatable bonds is 2. The van der Waals surface area contributed by atoms with Gasteiger partial charge in [0.25, 0.3) is 0 Å². The molecule has 0 spiro atoms. The monoisotopic (exact) mass is 231 g/mol. The first kappa shape index (κ1) is 11.0. The van der Waals surface area contributed by atoms with Crippen molar-refractivity contribution in [1.82, 2.24) is 0 Å². The van der Waals surface area contributed by atoms with Crippen molar-refractivity contribution in [1.29, 1.82) is 0 Å². The Hall–Kier alpha value is -1.47. The van der Waals surface area contributed by atoms with Gasteiger partial charge in [-0.25, -0.2) is 0 Å². The zero-order valence-corrected chi connectivity index (χ0v) is 9.96. The van der Waals surface area contributed by atoms with Crippen molar-refractivity contribution in [2.45, 2.75) is 13.3 Å². The topological polar surface area (TPSA) is 26.0 Å². The number of hydrogen-bond donors (Lipinski definition) is 1. The van der Waals surface area contributed by atoms with Crippen molar-refractivity contribution >= 4 is 17.3 Å². The van der Waals surface area contributed by atoms with Crippen LogP contribution in [0.2, 0.25) is 5.02 Å². The molecule has 2 aromatic carbocycles. The summed E-state index contributed by atoms with van der Waals surface area (Å²) >= 11 is 5.99. The minimum atomic E-state index is 0.631. The fourth-order valence-corrected chi connectivity index (χ4v) is 1.94. The number of nitrogen functional groups attached to an aromatic ring is 1. The van der Waals surface area contributed by atoms with Gasteiger partial charge in [-0.15, -0.1) is 0 Å². The van der Waals surface area contributed by atoms with Crippen LogP contribution in [0.3, 0.4) is 0 Å². The second-order valence-corrected chi connectivity index (χ2v) is 4.32. The minimum Gasteiger partial charge on any atom is -0.397 e. The van der Waals surface area contributed by atoms with E-state index in [1.54, 1.807) is 0 Å². The molecule has 0 heterocycles. The maximum Gasteiger partial charge on any atom is 0.0638 e. The summed E-state index contributed by atoms with van der Waals surface area (Å²) in [6.07, 6.45) is 0.832. The second-order valence-electron chi connectivity index (χ2n) is 3.92. The van der Waals surface area contributed by atoms with Gasteiger partial charge in [-0.1, -0.05) is 48.0 Å². The largest absolute Gasteiger partial charge is 0.397 e. The van der Waals surface area contributed by atoms with Gasteiger partial charge in [0, 0.05) is 0 Å². The summed E-state index contributed by atoms with van der Waals surface area (Å²) in [7, 11) is 0. The van der Waals surface area contributed by atoms with Crippen molar-refractivity contribution in [3.05, 3.63) is 64.2 Å². The summed E-state index contributed by atoms with van der Waals surface area (Å²) in [4.78, 5) is 0. The number of benzene rings is 2. The summed E-state index contributed by atoms with van der Waals surface area (Å²) in [5.74, 6) is 0. The van der Waals surface area contributed by atoms with Crippen LogP contribution in [0.4, 0.5) is 5.69 Å². The Balaban J connectivity index is 2.35. The number of nitrogens with two attached hydrogens (primary N) is 1. The van der Waals surface area contributed by atoms with Crippen molar-refractivity contribution < 1.29 is 0 Å². The molecule has 0 unspecified atom stereocenters. The zero-order chi connectivity index (χ0) is 11.5. The number of anilines is 1. The standard InChI is InChI=1S/C14H14ClN/c1-10-5-2-3-6-11(10)9-12-7-4-8-13(15)14(12)16/h2-8H,9,16H2,1H3. The Morgan fingerprint density at radius 1 is 1.00 bits per heavy atom. The molecular weight excluding hydrogens is 218 g/mol. The van der Waals surface area contributed by atoms with Crippen LogP contribution in [-0.4, -0.2) is 0 Å². The number of hydrogen-bond acceptors (Lipinski definition) is 1.